The van der Waals surface area contributed by atoms with E-state index in [2.05, 4.69) is 36.3 Å². The van der Waals surface area contributed by atoms with Crippen molar-refractivity contribution in [2.45, 2.75) is 52.5 Å². The van der Waals surface area contributed by atoms with Crippen LogP contribution < -0.4 is 10.6 Å². The molecule has 0 saturated carbocycles. The fourth-order valence-electron chi connectivity index (χ4n) is 2.97. The number of nitrogens with zero attached hydrogens (tertiary/aromatic N) is 1. The average molecular weight is 299 g/mol. The minimum atomic E-state index is -0.152. The first kappa shape index (κ1) is 18.2. The molecule has 5 heteroatoms. The van der Waals surface area contributed by atoms with E-state index in [-0.39, 0.29) is 18.7 Å². The van der Waals surface area contributed by atoms with E-state index >= 15 is 0 Å². The molecule has 5 nitrogen and oxygen atoms in total. The van der Waals surface area contributed by atoms with Crippen LogP contribution in [0.2, 0.25) is 0 Å². The van der Waals surface area contributed by atoms with Gasteiger partial charge < -0.3 is 20.6 Å². The summed E-state index contributed by atoms with van der Waals surface area (Å²) in [5.41, 5.74) is 0. The van der Waals surface area contributed by atoms with Crippen LogP contribution in [0.4, 0.5) is 4.79 Å². The number of piperidine rings is 1. The van der Waals surface area contributed by atoms with E-state index in [0.717, 1.165) is 31.8 Å². The number of aliphatic hydroxyl groups excluding tert-OH is 1. The molecule has 0 radical (unpaired) electrons. The molecule has 0 aromatic rings. The first-order valence-corrected chi connectivity index (χ1v) is 8.42. The summed E-state index contributed by atoms with van der Waals surface area (Å²) < 4.78 is 0. The standard InChI is InChI=1S/C16H33N3O2/c1-4-19-9-6-14(7-10-19)5-8-17-16(21)18-15(12-20)11-13(2)3/h13-15,20H,4-12H2,1-3H3,(H2,17,18,21). The molecule has 3 N–H and O–H groups in total. The van der Waals surface area contributed by atoms with Crippen LogP contribution in [0.5, 0.6) is 0 Å². The zero-order valence-electron chi connectivity index (χ0n) is 13.9. The number of urea groups is 1. The molecule has 0 spiro atoms. The van der Waals surface area contributed by atoms with Gasteiger partial charge >= 0.3 is 6.03 Å². The first-order valence-electron chi connectivity index (χ1n) is 8.42. The van der Waals surface area contributed by atoms with Crippen molar-refractivity contribution in [1.82, 2.24) is 15.5 Å². The number of aliphatic hydroxyl groups is 1. The number of carbonyl (C=O) groups is 1. The summed E-state index contributed by atoms with van der Waals surface area (Å²) in [5.74, 6) is 1.20. The number of rotatable bonds is 8. The van der Waals surface area contributed by atoms with Crippen molar-refractivity contribution in [3.8, 4) is 0 Å². The molecule has 1 fully saturated rings. The van der Waals surface area contributed by atoms with E-state index < -0.39 is 0 Å². The van der Waals surface area contributed by atoms with Gasteiger partial charge in [-0.3, -0.25) is 0 Å². The highest BCUT2D eigenvalue weighted by Gasteiger charge is 2.18. The highest BCUT2D eigenvalue weighted by atomic mass is 16.3. The molecule has 0 bridgehead atoms. The van der Waals surface area contributed by atoms with Crippen molar-refractivity contribution in [3.63, 3.8) is 0 Å². The largest absolute Gasteiger partial charge is 0.394 e. The van der Waals surface area contributed by atoms with Crippen molar-refractivity contribution in [2.24, 2.45) is 11.8 Å². The molecular weight excluding hydrogens is 266 g/mol. The number of hydrogen-bond acceptors (Lipinski definition) is 3. The van der Waals surface area contributed by atoms with Gasteiger partial charge in [0.1, 0.15) is 0 Å². The van der Waals surface area contributed by atoms with Gasteiger partial charge in [-0.25, -0.2) is 4.79 Å². The van der Waals surface area contributed by atoms with Crippen LogP contribution in [0.1, 0.15) is 46.5 Å². The highest BCUT2D eigenvalue weighted by molar-refractivity contribution is 5.74. The minimum absolute atomic E-state index is 0.00107. The molecule has 0 aromatic heterocycles. The molecule has 1 rings (SSSR count). The third kappa shape index (κ3) is 7.67. The molecule has 1 unspecified atom stereocenters. The van der Waals surface area contributed by atoms with Crippen molar-refractivity contribution in [3.05, 3.63) is 0 Å². The van der Waals surface area contributed by atoms with E-state index in [0.29, 0.717) is 5.92 Å². The predicted octanol–water partition coefficient (Wildman–Crippen LogP) is 1.81. The number of nitrogens with one attached hydrogen (secondary N) is 2. The molecule has 1 aliphatic heterocycles. The van der Waals surface area contributed by atoms with E-state index in [1.807, 2.05) is 0 Å². The van der Waals surface area contributed by atoms with Crippen molar-refractivity contribution >= 4 is 6.03 Å². The Labute approximate surface area is 129 Å². The summed E-state index contributed by atoms with van der Waals surface area (Å²) >= 11 is 0. The summed E-state index contributed by atoms with van der Waals surface area (Å²) in [4.78, 5) is 14.3. The summed E-state index contributed by atoms with van der Waals surface area (Å²) in [6.45, 7) is 10.6. The second-order valence-electron chi connectivity index (χ2n) is 6.58. The van der Waals surface area contributed by atoms with Gasteiger partial charge in [-0.1, -0.05) is 20.8 Å². The zero-order valence-corrected chi connectivity index (χ0v) is 13.9. The van der Waals surface area contributed by atoms with Gasteiger partial charge in [0, 0.05) is 6.54 Å². The Bertz CT molecular complexity index is 289. The number of likely N-dealkylation sites (tertiary alicyclic amines) is 1. The van der Waals surface area contributed by atoms with Crippen LogP contribution in [-0.2, 0) is 0 Å². The fraction of sp³-hybridized carbons (Fsp3) is 0.938. The maximum atomic E-state index is 11.8. The Hall–Kier alpha value is -0.810. The Kier molecular flexibility index (Phi) is 8.69. The maximum absolute atomic E-state index is 11.8. The Morgan fingerprint density at radius 1 is 1.33 bits per heavy atom. The molecule has 0 aliphatic carbocycles. The minimum Gasteiger partial charge on any atom is -0.394 e. The van der Waals surface area contributed by atoms with E-state index in [4.69, 9.17) is 0 Å². The lowest BCUT2D eigenvalue weighted by Gasteiger charge is -2.31. The first-order chi connectivity index (χ1) is 10.0. The summed E-state index contributed by atoms with van der Waals surface area (Å²) in [5, 5.41) is 15.0. The summed E-state index contributed by atoms with van der Waals surface area (Å²) in [6.07, 6.45) is 4.34. The maximum Gasteiger partial charge on any atom is 0.315 e. The van der Waals surface area contributed by atoms with E-state index in [1.54, 1.807) is 0 Å². The number of amides is 2. The van der Waals surface area contributed by atoms with Crippen LogP contribution in [0, 0.1) is 11.8 Å². The van der Waals surface area contributed by atoms with Gasteiger partial charge in [0.15, 0.2) is 0 Å². The monoisotopic (exact) mass is 299 g/mol. The number of hydrogen-bond donors (Lipinski definition) is 3. The molecule has 21 heavy (non-hydrogen) atoms. The second-order valence-corrected chi connectivity index (χ2v) is 6.58. The summed E-state index contributed by atoms with van der Waals surface area (Å²) in [6, 6.07) is -0.293. The Balaban J connectivity index is 2.13. The summed E-state index contributed by atoms with van der Waals surface area (Å²) in [7, 11) is 0. The van der Waals surface area contributed by atoms with Gasteiger partial charge in [0.2, 0.25) is 0 Å². The molecule has 1 aliphatic rings. The quantitative estimate of drug-likeness (QED) is 0.640. The zero-order chi connectivity index (χ0) is 15.7. The normalized spacial score (nSPS) is 18.7. The van der Waals surface area contributed by atoms with Crippen LogP contribution in [0.15, 0.2) is 0 Å². The van der Waals surface area contributed by atoms with Crippen molar-refractivity contribution in [2.75, 3.05) is 32.8 Å². The van der Waals surface area contributed by atoms with Crippen LogP contribution in [-0.4, -0.2) is 54.9 Å². The van der Waals surface area contributed by atoms with Crippen LogP contribution in [0.25, 0.3) is 0 Å². The molecule has 1 atom stereocenters. The topological polar surface area (TPSA) is 64.6 Å². The lowest BCUT2D eigenvalue weighted by atomic mass is 9.93. The van der Waals surface area contributed by atoms with Gasteiger partial charge in [0.25, 0.3) is 0 Å². The third-order valence-corrected chi connectivity index (χ3v) is 4.30. The highest BCUT2D eigenvalue weighted by Crippen LogP contribution is 2.19. The lowest BCUT2D eigenvalue weighted by Crippen LogP contribution is -2.45. The van der Waals surface area contributed by atoms with Gasteiger partial charge in [-0.2, -0.15) is 0 Å². The van der Waals surface area contributed by atoms with Crippen LogP contribution in [0.3, 0.4) is 0 Å². The number of carbonyl (C=O) groups excluding carboxylic acids is 1. The molecule has 2 amide bonds. The second kappa shape index (κ2) is 10.0. The average Bonchev–Trinajstić information content (AvgIpc) is 2.46. The molecule has 1 saturated heterocycles. The molecule has 1 heterocycles. The van der Waals surface area contributed by atoms with E-state index in [9.17, 15) is 9.90 Å². The van der Waals surface area contributed by atoms with E-state index in [1.165, 1.54) is 25.9 Å². The third-order valence-electron chi connectivity index (χ3n) is 4.30. The van der Waals surface area contributed by atoms with Crippen LogP contribution >= 0.6 is 0 Å². The SMILES string of the molecule is CCN1CCC(CCNC(=O)NC(CO)CC(C)C)CC1. The lowest BCUT2D eigenvalue weighted by molar-refractivity contribution is 0.184. The molecular formula is C16H33N3O2. The Morgan fingerprint density at radius 2 is 2.00 bits per heavy atom. The van der Waals surface area contributed by atoms with Gasteiger partial charge in [0.05, 0.1) is 12.6 Å². The fourth-order valence-corrected chi connectivity index (χ4v) is 2.97. The molecule has 124 valence electrons. The predicted molar refractivity (Wildman–Crippen MR) is 86.3 cm³/mol. The van der Waals surface area contributed by atoms with Crippen molar-refractivity contribution < 1.29 is 9.90 Å². The van der Waals surface area contributed by atoms with Gasteiger partial charge in [-0.15, -0.1) is 0 Å². The van der Waals surface area contributed by atoms with Gasteiger partial charge in [-0.05, 0) is 57.2 Å². The molecule has 0 aromatic carbocycles. The Morgan fingerprint density at radius 3 is 2.52 bits per heavy atom. The smallest absolute Gasteiger partial charge is 0.315 e. The van der Waals surface area contributed by atoms with Crippen molar-refractivity contribution in [1.29, 1.82) is 0 Å².